The Bertz CT molecular complexity index is 522. The summed E-state index contributed by atoms with van der Waals surface area (Å²) in [4.78, 5) is 0. The molecule has 17 heavy (non-hydrogen) atoms. The molecule has 0 amide bonds. The number of rotatable bonds is 1. The van der Waals surface area contributed by atoms with Gasteiger partial charge in [0.05, 0.1) is 13.2 Å². The maximum absolute atomic E-state index is 8.92. The van der Waals surface area contributed by atoms with Crippen LogP contribution in [0, 0.1) is 24.2 Å². The van der Waals surface area contributed by atoms with Crippen molar-refractivity contribution < 1.29 is 4.74 Å². The lowest BCUT2D eigenvalue weighted by molar-refractivity contribution is 0.411. The molecule has 0 fully saturated rings. The van der Waals surface area contributed by atoms with Crippen molar-refractivity contribution in [3.8, 4) is 11.8 Å². The zero-order valence-electron chi connectivity index (χ0n) is 10.7. The summed E-state index contributed by atoms with van der Waals surface area (Å²) < 4.78 is 5.36. The molecule has 1 aromatic carbocycles. The molecule has 0 bridgehead atoms. The Balaban J connectivity index is 2.70. The molecule has 2 unspecified atom stereocenters. The first-order chi connectivity index (χ1) is 8.11. The second-order valence-electron chi connectivity index (χ2n) is 4.66. The summed E-state index contributed by atoms with van der Waals surface area (Å²) in [6.07, 6.45) is 1.68. The molecule has 88 valence electrons. The molecule has 0 N–H and O–H groups in total. The van der Waals surface area contributed by atoms with E-state index in [0.717, 1.165) is 16.9 Å². The van der Waals surface area contributed by atoms with E-state index in [1.807, 2.05) is 6.07 Å². The molecule has 2 nitrogen and oxygen atoms in total. The van der Waals surface area contributed by atoms with Gasteiger partial charge in [0.1, 0.15) is 5.75 Å². The molecule has 0 heterocycles. The van der Waals surface area contributed by atoms with E-state index in [9.17, 15) is 0 Å². The van der Waals surface area contributed by atoms with Crippen molar-refractivity contribution in [3.63, 3.8) is 0 Å². The second kappa shape index (κ2) is 4.25. The number of fused-ring (bicyclic) bond motifs is 1. The summed E-state index contributed by atoms with van der Waals surface area (Å²) in [5, 5.41) is 8.92. The predicted octanol–water partition coefficient (Wildman–Crippen LogP) is 3.66. The highest BCUT2D eigenvalue weighted by atomic mass is 16.5. The lowest BCUT2D eigenvalue weighted by Crippen LogP contribution is -1.97. The maximum Gasteiger partial charge on any atom is 0.122 e. The molecule has 1 aliphatic rings. The van der Waals surface area contributed by atoms with Crippen molar-refractivity contribution in [2.24, 2.45) is 5.92 Å². The molecule has 0 aliphatic heterocycles. The average Bonchev–Trinajstić information content (AvgIpc) is 2.56. The summed E-state index contributed by atoms with van der Waals surface area (Å²) >= 11 is 0. The first-order valence-corrected chi connectivity index (χ1v) is 5.89. The van der Waals surface area contributed by atoms with Gasteiger partial charge in [-0.3, -0.25) is 0 Å². The van der Waals surface area contributed by atoms with Gasteiger partial charge in [-0.15, -0.1) is 0 Å². The average molecular weight is 227 g/mol. The van der Waals surface area contributed by atoms with Crippen LogP contribution < -0.4 is 4.74 Å². The highest BCUT2D eigenvalue weighted by molar-refractivity contribution is 5.80. The fourth-order valence-corrected chi connectivity index (χ4v) is 2.74. The smallest absolute Gasteiger partial charge is 0.122 e. The minimum Gasteiger partial charge on any atom is -0.496 e. The number of benzene rings is 1. The zero-order valence-corrected chi connectivity index (χ0v) is 10.7. The molecule has 0 radical (unpaired) electrons. The van der Waals surface area contributed by atoms with E-state index in [2.05, 4.69) is 32.9 Å². The Kier molecular flexibility index (Phi) is 2.93. The normalized spacial score (nSPS) is 24.5. The van der Waals surface area contributed by atoms with Crippen LogP contribution in [0.3, 0.4) is 0 Å². The van der Waals surface area contributed by atoms with E-state index in [1.165, 1.54) is 11.1 Å². The summed E-state index contributed by atoms with van der Waals surface area (Å²) in [5.74, 6) is 1.76. The Labute approximate surface area is 103 Å². The number of hydrogen-bond acceptors (Lipinski definition) is 2. The van der Waals surface area contributed by atoms with E-state index in [-0.39, 0.29) is 0 Å². The van der Waals surface area contributed by atoms with E-state index in [0.29, 0.717) is 11.8 Å². The highest BCUT2D eigenvalue weighted by Gasteiger charge is 2.32. The van der Waals surface area contributed by atoms with Crippen molar-refractivity contribution in [3.05, 3.63) is 34.9 Å². The largest absolute Gasteiger partial charge is 0.496 e. The molecule has 0 saturated carbocycles. The Hall–Kier alpha value is -1.75. The maximum atomic E-state index is 8.92. The third-order valence-corrected chi connectivity index (χ3v) is 3.91. The van der Waals surface area contributed by atoms with Gasteiger partial charge >= 0.3 is 0 Å². The van der Waals surface area contributed by atoms with Gasteiger partial charge in [-0.1, -0.05) is 19.9 Å². The number of nitrogens with zero attached hydrogens (tertiary/aromatic N) is 1. The first kappa shape index (κ1) is 11.7. The zero-order chi connectivity index (χ0) is 12.6. The summed E-state index contributed by atoms with van der Waals surface area (Å²) in [5.41, 5.74) is 4.83. The minimum absolute atomic E-state index is 0.399. The Morgan fingerprint density at radius 3 is 2.59 bits per heavy atom. The van der Waals surface area contributed by atoms with Crippen molar-refractivity contribution >= 4 is 5.57 Å². The van der Waals surface area contributed by atoms with Crippen molar-refractivity contribution in [1.29, 1.82) is 5.26 Å². The van der Waals surface area contributed by atoms with Crippen LogP contribution in [-0.4, -0.2) is 7.11 Å². The standard InChI is InChI=1S/C15H17NO/c1-9-10(2)13(7-8-16)15-11(3)14(17-4)6-5-12(9)15/h5-7,9-10H,1-4H3. The number of methoxy groups -OCH3 is 1. The van der Waals surface area contributed by atoms with Crippen LogP contribution in [0.1, 0.15) is 36.5 Å². The fraction of sp³-hybridized carbons (Fsp3) is 0.400. The van der Waals surface area contributed by atoms with Crippen LogP contribution in [0.25, 0.3) is 5.57 Å². The molecule has 1 aromatic rings. The van der Waals surface area contributed by atoms with Crippen LogP contribution in [0.5, 0.6) is 5.75 Å². The molecule has 1 aliphatic carbocycles. The summed E-state index contributed by atoms with van der Waals surface area (Å²) in [6.45, 7) is 6.46. The molecular formula is C15H17NO. The molecule has 0 spiro atoms. The monoisotopic (exact) mass is 227 g/mol. The van der Waals surface area contributed by atoms with Crippen LogP contribution in [0.4, 0.5) is 0 Å². The molecular weight excluding hydrogens is 210 g/mol. The molecule has 2 rings (SSSR count). The molecule has 0 aromatic heterocycles. The second-order valence-corrected chi connectivity index (χ2v) is 4.66. The lowest BCUT2D eigenvalue weighted by Gasteiger charge is -2.11. The third kappa shape index (κ3) is 1.63. The van der Waals surface area contributed by atoms with Gasteiger partial charge < -0.3 is 4.74 Å². The van der Waals surface area contributed by atoms with Gasteiger partial charge in [-0.2, -0.15) is 5.26 Å². The minimum atomic E-state index is 0.399. The van der Waals surface area contributed by atoms with Gasteiger partial charge in [0, 0.05) is 6.08 Å². The topological polar surface area (TPSA) is 33.0 Å². The third-order valence-electron chi connectivity index (χ3n) is 3.91. The van der Waals surface area contributed by atoms with E-state index < -0.39 is 0 Å². The van der Waals surface area contributed by atoms with Crippen LogP contribution in [0.15, 0.2) is 18.2 Å². The molecule has 2 atom stereocenters. The quantitative estimate of drug-likeness (QED) is 0.686. The molecule has 2 heteroatoms. The van der Waals surface area contributed by atoms with Crippen molar-refractivity contribution in [2.75, 3.05) is 7.11 Å². The van der Waals surface area contributed by atoms with Gasteiger partial charge in [-0.05, 0) is 47.1 Å². The highest BCUT2D eigenvalue weighted by Crippen LogP contribution is 2.48. The van der Waals surface area contributed by atoms with E-state index >= 15 is 0 Å². The first-order valence-electron chi connectivity index (χ1n) is 5.89. The number of hydrogen-bond donors (Lipinski definition) is 0. The van der Waals surface area contributed by atoms with Crippen LogP contribution in [-0.2, 0) is 0 Å². The number of ether oxygens (including phenoxy) is 1. The van der Waals surface area contributed by atoms with Gasteiger partial charge in [0.15, 0.2) is 0 Å². The lowest BCUT2D eigenvalue weighted by atomic mass is 9.94. The van der Waals surface area contributed by atoms with Crippen LogP contribution >= 0.6 is 0 Å². The van der Waals surface area contributed by atoms with Gasteiger partial charge in [-0.25, -0.2) is 0 Å². The van der Waals surface area contributed by atoms with E-state index in [1.54, 1.807) is 13.2 Å². The number of allylic oxidation sites excluding steroid dienone is 2. The van der Waals surface area contributed by atoms with Gasteiger partial charge in [0.2, 0.25) is 0 Å². The predicted molar refractivity (Wildman–Crippen MR) is 68.9 cm³/mol. The fourth-order valence-electron chi connectivity index (χ4n) is 2.74. The van der Waals surface area contributed by atoms with Crippen LogP contribution in [0.2, 0.25) is 0 Å². The molecule has 0 saturated heterocycles. The summed E-state index contributed by atoms with van der Waals surface area (Å²) in [7, 11) is 1.68. The Morgan fingerprint density at radius 1 is 1.29 bits per heavy atom. The number of nitriles is 1. The van der Waals surface area contributed by atoms with Gasteiger partial charge in [0.25, 0.3) is 0 Å². The Morgan fingerprint density at radius 2 is 2.00 bits per heavy atom. The summed E-state index contributed by atoms with van der Waals surface area (Å²) in [6, 6.07) is 6.31. The van der Waals surface area contributed by atoms with Crippen molar-refractivity contribution in [2.45, 2.75) is 26.7 Å². The van der Waals surface area contributed by atoms with Crippen molar-refractivity contribution in [1.82, 2.24) is 0 Å². The SMILES string of the molecule is COc1ccc2c(c1C)C(=CC#N)C(C)C2C. The van der Waals surface area contributed by atoms with E-state index in [4.69, 9.17) is 10.00 Å².